The number of thioether (sulfide) groups is 1. The van der Waals surface area contributed by atoms with Crippen LogP contribution in [0.4, 0.5) is 0 Å². The summed E-state index contributed by atoms with van der Waals surface area (Å²) < 4.78 is 5.23. The fraction of sp³-hybridized carbons (Fsp3) is 0.250. The molecule has 2 heterocycles. The van der Waals surface area contributed by atoms with Gasteiger partial charge in [-0.25, -0.2) is 4.79 Å². The van der Waals surface area contributed by atoms with Gasteiger partial charge in [-0.2, -0.15) is 0 Å². The van der Waals surface area contributed by atoms with Crippen LogP contribution in [0.2, 0.25) is 0 Å². The highest BCUT2D eigenvalue weighted by molar-refractivity contribution is 8.00. The molecule has 4 rings (SSSR count). The summed E-state index contributed by atoms with van der Waals surface area (Å²) in [6.45, 7) is 1.35. The van der Waals surface area contributed by atoms with Gasteiger partial charge >= 0.3 is 5.97 Å². The zero-order valence-corrected chi connectivity index (χ0v) is 18.3. The van der Waals surface area contributed by atoms with Crippen LogP contribution in [0.25, 0.3) is 0 Å². The van der Waals surface area contributed by atoms with Crippen LogP contribution in [0, 0.1) is 0 Å². The highest BCUT2D eigenvalue weighted by Gasteiger charge is 2.53. The van der Waals surface area contributed by atoms with E-state index in [4.69, 9.17) is 4.74 Å². The van der Waals surface area contributed by atoms with E-state index in [1.165, 1.54) is 16.7 Å². The summed E-state index contributed by atoms with van der Waals surface area (Å²) >= 11 is 1.48. The number of hydrogen-bond acceptors (Lipinski definition) is 6. The lowest BCUT2D eigenvalue weighted by molar-refractivity contribution is -0.152. The number of β-lactam (4-membered cyclic amide) rings is 1. The molecule has 0 bridgehead atoms. The number of amides is 2. The number of rotatable bonds is 7. The van der Waals surface area contributed by atoms with E-state index in [1.807, 2.05) is 30.3 Å². The second-order valence-corrected chi connectivity index (χ2v) is 8.72. The van der Waals surface area contributed by atoms with Crippen LogP contribution in [0.3, 0.4) is 0 Å². The lowest BCUT2D eigenvalue weighted by Gasteiger charge is -2.49. The third-order valence-corrected chi connectivity index (χ3v) is 6.73. The molecule has 2 atom stereocenters. The molecule has 0 radical (unpaired) electrons. The quantitative estimate of drug-likeness (QED) is 0.395. The molecule has 0 spiro atoms. The molecule has 0 aliphatic carbocycles. The molecule has 2 aromatic rings. The summed E-state index contributed by atoms with van der Waals surface area (Å²) in [7, 11) is 0. The number of nitrogens with zero attached hydrogens (tertiary/aromatic N) is 1. The predicted octanol–water partition coefficient (Wildman–Crippen LogP) is 2.33. The number of nitrogens with one attached hydrogen (secondary N) is 1. The van der Waals surface area contributed by atoms with E-state index in [0.717, 1.165) is 5.56 Å². The normalized spacial score (nSPS) is 19.7. The van der Waals surface area contributed by atoms with Gasteiger partial charge in [0.15, 0.2) is 12.4 Å². The molecule has 1 N–H and O–H groups in total. The maximum atomic E-state index is 12.8. The summed E-state index contributed by atoms with van der Waals surface area (Å²) in [5.41, 5.74) is 2.16. The van der Waals surface area contributed by atoms with Gasteiger partial charge in [0.2, 0.25) is 5.91 Å². The monoisotopic (exact) mass is 450 g/mol. The van der Waals surface area contributed by atoms with E-state index in [1.54, 1.807) is 37.3 Å². The van der Waals surface area contributed by atoms with Crippen LogP contribution >= 0.6 is 11.8 Å². The molecule has 7 nitrogen and oxygen atoms in total. The Morgan fingerprint density at radius 1 is 1.06 bits per heavy atom. The summed E-state index contributed by atoms with van der Waals surface area (Å²) in [5.74, 6) is -1.11. The van der Waals surface area contributed by atoms with Crippen molar-refractivity contribution in [3.8, 4) is 0 Å². The smallest absolute Gasteiger partial charge is 0.355 e. The average Bonchev–Trinajstić information content (AvgIpc) is 2.81. The van der Waals surface area contributed by atoms with Crippen molar-refractivity contribution in [1.29, 1.82) is 0 Å². The lowest BCUT2D eigenvalue weighted by atomic mass is 10.0. The predicted molar refractivity (Wildman–Crippen MR) is 120 cm³/mol. The summed E-state index contributed by atoms with van der Waals surface area (Å²) in [6, 6.07) is 17.1. The Hall–Kier alpha value is -3.39. The number of ether oxygens (including phenoxy) is 1. The highest BCUT2D eigenvalue weighted by atomic mass is 32.2. The van der Waals surface area contributed by atoms with Crippen molar-refractivity contribution in [3.63, 3.8) is 0 Å². The van der Waals surface area contributed by atoms with Crippen LogP contribution < -0.4 is 5.32 Å². The number of Topliss-reactive ketones (excluding diaryl/α,β-unsaturated/α-hetero) is 1. The first-order valence-corrected chi connectivity index (χ1v) is 11.2. The Balaban J connectivity index is 1.37. The number of esters is 1. The number of fused-ring (bicyclic) bond motifs is 1. The Kier molecular flexibility index (Phi) is 6.41. The molecule has 164 valence electrons. The molecule has 1 unspecified atom stereocenters. The van der Waals surface area contributed by atoms with Gasteiger partial charge in [-0.1, -0.05) is 60.7 Å². The number of benzene rings is 2. The van der Waals surface area contributed by atoms with Gasteiger partial charge in [0.25, 0.3) is 5.91 Å². The standard InChI is InChI=1S/C24H22N2O5S/c1-15-14-32-23-20(25-19(28)12-16-8-4-2-5-9-16)22(29)26(23)21(15)24(30)31-13-18(27)17-10-6-3-7-11-17/h2-11,20,23H,12-14H2,1H3,(H,25,28)/t20?,23-/m0/s1. The maximum Gasteiger partial charge on any atom is 0.355 e. The Bertz CT molecular complexity index is 1080. The zero-order chi connectivity index (χ0) is 22.7. The molecule has 2 aliphatic heterocycles. The minimum atomic E-state index is -0.709. The first-order chi connectivity index (χ1) is 15.5. The van der Waals surface area contributed by atoms with Gasteiger partial charge < -0.3 is 10.1 Å². The maximum absolute atomic E-state index is 12.8. The lowest BCUT2D eigenvalue weighted by Crippen LogP contribution is -2.70. The van der Waals surface area contributed by atoms with E-state index < -0.39 is 18.6 Å². The van der Waals surface area contributed by atoms with E-state index in [2.05, 4.69) is 5.32 Å². The third kappa shape index (κ3) is 4.45. The molecule has 2 aromatic carbocycles. The van der Waals surface area contributed by atoms with Crippen molar-refractivity contribution in [1.82, 2.24) is 10.2 Å². The number of carbonyl (C=O) groups excluding carboxylic acids is 4. The van der Waals surface area contributed by atoms with Gasteiger partial charge in [0, 0.05) is 11.3 Å². The van der Waals surface area contributed by atoms with Gasteiger partial charge in [-0.05, 0) is 18.1 Å². The fourth-order valence-electron chi connectivity index (χ4n) is 3.67. The molecule has 1 saturated heterocycles. The minimum absolute atomic E-state index is 0.160. The van der Waals surface area contributed by atoms with Crippen molar-refractivity contribution in [2.45, 2.75) is 24.8 Å². The van der Waals surface area contributed by atoms with Crippen molar-refractivity contribution in [2.75, 3.05) is 12.4 Å². The largest absolute Gasteiger partial charge is 0.453 e. The van der Waals surface area contributed by atoms with E-state index >= 15 is 0 Å². The SMILES string of the molecule is CC1=C(C(=O)OCC(=O)c2ccccc2)N2C(=O)C(NC(=O)Cc3ccccc3)[C@@H]2SC1. The zero-order valence-electron chi connectivity index (χ0n) is 17.4. The fourth-order valence-corrected chi connectivity index (χ4v) is 4.97. The second kappa shape index (κ2) is 9.40. The van der Waals surface area contributed by atoms with E-state index in [-0.39, 0.29) is 35.1 Å². The van der Waals surface area contributed by atoms with E-state index in [0.29, 0.717) is 16.9 Å². The van der Waals surface area contributed by atoms with Crippen molar-refractivity contribution in [2.24, 2.45) is 0 Å². The first-order valence-electron chi connectivity index (χ1n) is 10.2. The Morgan fingerprint density at radius 2 is 1.72 bits per heavy atom. The first kappa shape index (κ1) is 21.8. The molecule has 0 saturated carbocycles. The number of hydrogen-bond donors (Lipinski definition) is 1. The summed E-state index contributed by atoms with van der Waals surface area (Å²) in [5, 5.41) is 2.40. The average molecular weight is 451 g/mol. The van der Waals surface area contributed by atoms with Crippen LogP contribution in [0.15, 0.2) is 71.9 Å². The number of ketones is 1. The number of carbonyl (C=O) groups is 4. The molecular formula is C24H22N2O5S. The minimum Gasteiger partial charge on any atom is -0.453 e. The van der Waals surface area contributed by atoms with Crippen molar-refractivity contribution >= 4 is 35.3 Å². The molecule has 0 aromatic heterocycles. The van der Waals surface area contributed by atoms with Crippen LogP contribution in [0.5, 0.6) is 0 Å². The molecular weight excluding hydrogens is 428 g/mol. The Morgan fingerprint density at radius 3 is 2.41 bits per heavy atom. The Labute approximate surface area is 189 Å². The third-order valence-electron chi connectivity index (χ3n) is 5.31. The van der Waals surface area contributed by atoms with Crippen LogP contribution in [-0.2, 0) is 25.5 Å². The second-order valence-electron chi connectivity index (χ2n) is 7.61. The van der Waals surface area contributed by atoms with Gasteiger partial charge in [-0.15, -0.1) is 11.8 Å². The molecule has 1 fully saturated rings. The topological polar surface area (TPSA) is 92.8 Å². The summed E-state index contributed by atoms with van der Waals surface area (Å²) in [6.07, 6.45) is 0.174. The molecule has 8 heteroatoms. The van der Waals surface area contributed by atoms with Crippen LogP contribution in [0.1, 0.15) is 22.8 Å². The van der Waals surface area contributed by atoms with Crippen molar-refractivity contribution < 1.29 is 23.9 Å². The van der Waals surface area contributed by atoms with Gasteiger partial charge in [-0.3, -0.25) is 19.3 Å². The van der Waals surface area contributed by atoms with Gasteiger partial charge in [0.05, 0.1) is 6.42 Å². The van der Waals surface area contributed by atoms with Gasteiger partial charge in [0.1, 0.15) is 17.1 Å². The van der Waals surface area contributed by atoms with Crippen LogP contribution in [-0.4, -0.2) is 52.2 Å². The summed E-state index contributed by atoms with van der Waals surface area (Å²) in [4.78, 5) is 51.5. The van der Waals surface area contributed by atoms with E-state index in [9.17, 15) is 19.2 Å². The molecule has 32 heavy (non-hydrogen) atoms. The van der Waals surface area contributed by atoms with Crippen molar-refractivity contribution in [3.05, 3.63) is 83.1 Å². The highest BCUT2D eigenvalue weighted by Crippen LogP contribution is 2.40. The molecule has 2 aliphatic rings. The molecule has 2 amide bonds.